The Morgan fingerprint density at radius 1 is 1.29 bits per heavy atom. The number of hydrogen-bond donors (Lipinski definition) is 2. The van der Waals surface area contributed by atoms with Crippen molar-refractivity contribution < 1.29 is 9.59 Å². The molecule has 1 aliphatic carbocycles. The molecular formula is C10H18N2O2. The second kappa shape index (κ2) is 4.44. The van der Waals surface area contributed by atoms with Crippen molar-refractivity contribution in [3.8, 4) is 0 Å². The molecule has 0 aromatic rings. The Labute approximate surface area is 84.2 Å². The summed E-state index contributed by atoms with van der Waals surface area (Å²) < 4.78 is 0. The molecule has 1 saturated carbocycles. The van der Waals surface area contributed by atoms with Gasteiger partial charge in [0, 0.05) is 5.41 Å². The van der Waals surface area contributed by atoms with Crippen molar-refractivity contribution in [3.63, 3.8) is 0 Å². The lowest BCUT2D eigenvalue weighted by Gasteiger charge is -2.31. The largest absolute Gasteiger partial charge is 0.368 e. The number of nitrogens with one attached hydrogen (secondary N) is 1. The van der Waals surface area contributed by atoms with E-state index in [1.165, 1.54) is 6.42 Å². The van der Waals surface area contributed by atoms with E-state index in [0.29, 0.717) is 0 Å². The van der Waals surface area contributed by atoms with E-state index in [1.54, 1.807) is 0 Å². The fraction of sp³-hybridized carbons (Fsp3) is 0.800. The first-order valence-electron chi connectivity index (χ1n) is 5.11. The van der Waals surface area contributed by atoms with Crippen molar-refractivity contribution in [1.29, 1.82) is 0 Å². The minimum Gasteiger partial charge on any atom is -0.368 e. The van der Waals surface area contributed by atoms with Gasteiger partial charge in [0.05, 0.1) is 6.54 Å². The number of hydrogen-bond acceptors (Lipinski definition) is 2. The van der Waals surface area contributed by atoms with Gasteiger partial charge in [-0.2, -0.15) is 0 Å². The Kier molecular flexibility index (Phi) is 3.49. The molecule has 0 aliphatic heterocycles. The molecule has 0 saturated heterocycles. The quantitative estimate of drug-likeness (QED) is 0.695. The van der Waals surface area contributed by atoms with Crippen LogP contribution in [0.4, 0.5) is 0 Å². The summed E-state index contributed by atoms with van der Waals surface area (Å²) in [5.74, 6) is -0.520. The number of carbonyl (C=O) groups excluding carboxylic acids is 2. The zero-order chi connectivity index (χ0) is 10.6. The molecular weight excluding hydrogens is 180 g/mol. The summed E-state index contributed by atoms with van der Waals surface area (Å²) in [5.41, 5.74) is 4.68. The van der Waals surface area contributed by atoms with Gasteiger partial charge in [0.25, 0.3) is 0 Å². The van der Waals surface area contributed by atoms with Gasteiger partial charge in [-0.25, -0.2) is 0 Å². The Hall–Kier alpha value is -1.06. The van der Waals surface area contributed by atoms with E-state index < -0.39 is 5.91 Å². The summed E-state index contributed by atoms with van der Waals surface area (Å²) in [6, 6.07) is 0. The van der Waals surface area contributed by atoms with Crippen molar-refractivity contribution in [2.75, 3.05) is 6.54 Å². The van der Waals surface area contributed by atoms with E-state index in [0.717, 1.165) is 25.7 Å². The third-order valence-corrected chi connectivity index (χ3v) is 2.93. The normalized spacial score (nSPS) is 20.1. The molecule has 0 heterocycles. The highest BCUT2D eigenvalue weighted by Gasteiger charge is 2.34. The summed E-state index contributed by atoms with van der Waals surface area (Å²) in [7, 11) is 0. The monoisotopic (exact) mass is 198 g/mol. The van der Waals surface area contributed by atoms with Gasteiger partial charge in [-0.3, -0.25) is 9.59 Å². The van der Waals surface area contributed by atoms with Crippen molar-refractivity contribution in [1.82, 2.24) is 5.32 Å². The molecule has 14 heavy (non-hydrogen) atoms. The first kappa shape index (κ1) is 11.0. The molecule has 1 aliphatic rings. The van der Waals surface area contributed by atoms with Crippen molar-refractivity contribution in [2.24, 2.45) is 11.1 Å². The van der Waals surface area contributed by atoms with Crippen LogP contribution in [0.15, 0.2) is 0 Å². The van der Waals surface area contributed by atoms with Crippen LogP contribution >= 0.6 is 0 Å². The molecule has 1 rings (SSSR count). The predicted molar refractivity (Wildman–Crippen MR) is 53.4 cm³/mol. The Morgan fingerprint density at radius 2 is 1.86 bits per heavy atom. The Balaban J connectivity index is 2.45. The van der Waals surface area contributed by atoms with E-state index in [9.17, 15) is 9.59 Å². The minimum atomic E-state index is -0.488. The summed E-state index contributed by atoms with van der Waals surface area (Å²) in [4.78, 5) is 22.2. The highest BCUT2D eigenvalue weighted by atomic mass is 16.2. The number of primary amides is 1. The SMILES string of the molecule is CC1(C(=O)NCC(N)=O)CCCCC1. The highest BCUT2D eigenvalue weighted by Crippen LogP contribution is 2.35. The fourth-order valence-electron chi connectivity index (χ4n) is 1.94. The highest BCUT2D eigenvalue weighted by molar-refractivity contribution is 5.87. The van der Waals surface area contributed by atoms with Crippen LogP contribution in [0.3, 0.4) is 0 Å². The van der Waals surface area contributed by atoms with Crippen molar-refractivity contribution >= 4 is 11.8 Å². The smallest absolute Gasteiger partial charge is 0.236 e. The zero-order valence-electron chi connectivity index (χ0n) is 8.64. The molecule has 4 nitrogen and oxygen atoms in total. The van der Waals surface area contributed by atoms with Gasteiger partial charge in [-0.05, 0) is 12.8 Å². The van der Waals surface area contributed by atoms with E-state index in [-0.39, 0.29) is 17.9 Å². The Morgan fingerprint density at radius 3 is 2.36 bits per heavy atom. The van der Waals surface area contributed by atoms with Crippen LogP contribution in [0.5, 0.6) is 0 Å². The van der Waals surface area contributed by atoms with E-state index in [1.807, 2.05) is 6.92 Å². The lowest BCUT2D eigenvalue weighted by atomic mass is 9.75. The van der Waals surface area contributed by atoms with Crippen LogP contribution in [0.25, 0.3) is 0 Å². The van der Waals surface area contributed by atoms with Crippen LogP contribution < -0.4 is 11.1 Å². The topological polar surface area (TPSA) is 72.2 Å². The third-order valence-electron chi connectivity index (χ3n) is 2.93. The third kappa shape index (κ3) is 2.72. The lowest BCUT2D eigenvalue weighted by Crippen LogP contribution is -2.43. The van der Waals surface area contributed by atoms with Gasteiger partial charge < -0.3 is 11.1 Å². The van der Waals surface area contributed by atoms with Gasteiger partial charge in [-0.1, -0.05) is 26.2 Å². The van der Waals surface area contributed by atoms with Gasteiger partial charge in [0.15, 0.2) is 0 Å². The average molecular weight is 198 g/mol. The molecule has 0 bridgehead atoms. The second-order valence-corrected chi connectivity index (χ2v) is 4.27. The summed E-state index contributed by atoms with van der Waals surface area (Å²) in [6.07, 6.45) is 5.23. The molecule has 0 unspecified atom stereocenters. The molecule has 3 N–H and O–H groups in total. The molecule has 4 heteroatoms. The summed E-state index contributed by atoms with van der Waals surface area (Å²) in [5, 5.41) is 2.58. The van der Waals surface area contributed by atoms with Crippen LogP contribution in [0, 0.1) is 5.41 Å². The number of rotatable bonds is 3. The predicted octanol–water partition coefficient (Wildman–Crippen LogP) is 0.558. The van der Waals surface area contributed by atoms with Crippen LogP contribution in [0.1, 0.15) is 39.0 Å². The molecule has 0 spiro atoms. The minimum absolute atomic E-state index is 0.0315. The van der Waals surface area contributed by atoms with E-state index in [2.05, 4.69) is 5.32 Å². The van der Waals surface area contributed by atoms with Gasteiger partial charge >= 0.3 is 0 Å². The van der Waals surface area contributed by atoms with Crippen molar-refractivity contribution in [3.05, 3.63) is 0 Å². The van der Waals surface area contributed by atoms with Crippen LogP contribution in [-0.4, -0.2) is 18.4 Å². The van der Waals surface area contributed by atoms with E-state index >= 15 is 0 Å². The molecule has 2 amide bonds. The van der Waals surface area contributed by atoms with Crippen LogP contribution in [0.2, 0.25) is 0 Å². The number of amides is 2. The standard InChI is InChI=1S/C10H18N2O2/c1-10(5-3-2-4-6-10)9(14)12-7-8(11)13/h2-7H2,1H3,(H2,11,13)(H,12,14). The van der Waals surface area contributed by atoms with E-state index in [4.69, 9.17) is 5.73 Å². The van der Waals surface area contributed by atoms with Gasteiger partial charge in [0.2, 0.25) is 11.8 Å². The first-order chi connectivity index (χ1) is 6.54. The number of carbonyl (C=O) groups is 2. The zero-order valence-corrected chi connectivity index (χ0v) is 8.64. The molecule has 0 radical (unpaired) electrons. The summed E-state index contributed by atoms with van der Waals surface area (Å²) in [6.45, 7) is 1.91. The maximum absolute atomic E-state index is 11.7. The molecule has 1 fully saturated rings. The second-order valence-electron chi connectivity index (χ2n) is 4.27. The lowest BCUT2D eigenvalue weighted by molar-refractivity contribution is -0.133. The molecule has 0 aromatic heterocycles. The molecule has 0 aromatic carbocycles. The van der Waals surface area contributed by atoms with Crippen molar-refractivity contribution in [2.45, 2.75) is 39.0 Å². The molecule has 0 atom stereocenters. The number of nitrogens with two attached hydrogens (primary N) is 1. The van der Waals surface area contributed by atoms with Crippen LogP contribution in [-0.2, 0) is 9.59 Å². The molecule has 80 valence electrons. The Bertz CT molecular complexity index is 232. The maximum atomic E-state index is 11.7. The summed E-state index contributed by atoms with van der Waals surface area (Å²) >= 11 is 0. The average Bonchev–Trinajstić information content (AvgIpc) is 2.15. The van der Waals surface area contributed by atoms with Gasteiger partial charge in [0.1, 0.15) is 0 Å². The van der Waals surface area contributed by atoms with Gasteiger partial charge in [-0.15, -0.1) is 0 Å². The fourth-order valence-corrected chi connectivity index (χ4v) is 1.94. The maximum Gasteiger partial charge on any atom is 0.236 e. The first-order valence-corrected chi connectivity index (χ1v) is 5.11.